The van der Waals surface area contributed by atoms with Gasteiger partial charge >= 0.3 is 11.9 Å². The van der Waals surface area contributed by atoms with Crippen LogP contribution in [0.1, 0.15) is 26.3 Å². The van der Waals surface area contributed by atoms with Crippen molar-refractivity contribution in [2.24, 2.45) is 5.73 Å². The first kappa shape index (κ1) is 20.4. The van der Waals surface area contributed by atoms with Gasteiger partial charge in [-0.25, -0.2) is 0 Å². The number of carbonyl (C=O) groups excluding carboxylic acids is 1. The number of carbonyl (C=O) groups is 2. The highest BCUT2D eigenvalue weighted by molar-refractivity contribution is 5.86. The summed E-state index contributed by atoms with van der Waals surface area (Å²) < 4.78 is 5.26. The van der Waals surface area contributed by atoms with Gasteiger partial charge in [-0.2, -0.15) is 0 Å². The minimum atomic E-state index is -1.22. The Hall–Kier alpha value is -1.96. The van der Waals surface area contributed by atoms with E-state index in [9.17, 15) is 14.7 Å². The molecule has 1 aromatic carbocycles. The molecule has 2 rings (SSSR count). The van der Waals surface area contributed by atoms with Gasteiger partial charge in [0.15, 0.2) is 0 Å². The van der Waals surface area contributed by atoms with Crippen LogP contribution in [0.15, 0.2) is 30.3 Å². The van der Waals surface area contributed by atoms with E-state index in [2.05, 4.69) is 17.0 Å². The molecule has 1 aliphatic heterocycles. The standard InChI is InChI=1S/C19H29N3O4/c1-19(2,3)26-18(25)15(20)16(17(23)24)22-11-9-21(10-12-22)13-14-7-5-4-6-8-14/h4-8,15-16H,9-13,20H2,1-3H3,(H,23,24). The largest absolute Gasteiger partial charge is 0.480 e. The molecule has 1 aromatic rings. The number of rotatable bonds is 6. The van der Waals surface area contributed by atoms with E-state index in [1.807, 2.05) is 18.2 Å². The summed E-state index contributed by atoms with van der Waals surface area (Å²) >= 11 is 0. The maximum atomic E-state index is 12.2. The molecule has 7 heteroatoms. The Labute approximate surface area is 154 Å². The number of nitrogens with two attached hydrogens (primary N) is 1. The van der Waals surface area contributed by atoms with Crippen LogP contribution in [0.5, 0.6) is 0 Å². The Morgan fingerprint density at radius 3 is 2.23 bits per heavy atom. The number of hydrogen-bond donors (Lipinski definition) is 2. The van der Waals surface area contributed by atoms with Crippen LogP contribution in [0, 0.1) is 0 Å². The van der Waals surface area contributed by atoms with Crippen LogP contribution in [0.25, 0.3) is 0 Å². The van der Waals surface area contributed by atoms with Crippen LogP contribution >= 0.6 is 0 Å². The molecule has 0 bridgehead atoms. The van der Waals surface area contributed by atoms with Crippen molar-refractivity contribution in [2.45, 2.75) is 45.0 Å². The van der Waals surface area contributed by atoms with E-state index in [4.69, 9.17) is 10.5 Å². The highest BCUT2D eigenvalue weighted by atomic mass is 16.6. The normalized spacial score (nSPS) is 18.9. The maximum absolute atomic E-state index is 12.2. The minimum Gasteiger partial charge on any atom is -0.480 e. The fourth-order valence-corrected chi connectivity index (χ4v) is 3.08. The minimum absolute atomic E-state index is 0.542. The number of aliphatic carboxylic acids is 1. The lowest BCUT2D eigenvalue weighted by atomic mass is 10.1. The maximum Gasteiger partial charge on any atom is 0.325 e. The third-order valence-corrected chi connectivity index (χ3v) is 4.32. The summed E-state index contributed by atoms with van der Waals surface area (Å²) in [6.45, 7) is 8.55. The zero-order valence-corrected chi connectivity index (χ0v) is 15.7. The van der Waals surface area contributed by atoms with Crippen molar-refractivity contribution in [2.75, 3.05) is 26.2 Å². The van der Waals surface area contributed by atoms with Gasteiger partial charge in [-0.3, -0.25) is 19.4 Å². The molecule has 0 aliphatic carbocycles. The Morgan fingerprint density at radius 1 is 1.15 bits per heavy atom. The van der Waals surface area contributed by atoms with Crippen molar-refractivity contribution in [1.29, 1.82) is 0 Å². The van der Waals surface area contributed by atoms with Crippen LogP contribution < -0.4 is 5.73 Å². The van der Waals surface area contributed by atoms with Crippen molar-refractivity contribution in [3.05, 3.63) is 35.9 Å². The predicted octanol–water partition coefficient (Wildman–Crippen LogP) is 0.926. The highest BCUT2D eigenvalue weighted by Crippen LogP contribution is 2.15. The molecule has 26 heavy (non-hydrogen) atoms. The van der Waals surface area contributed by atoms with E-state index in [1.165, 1.54) is 5.56 Å². The summed E-state index contributed by atoms with van der Waals surface area (Å²) in [6, 6.07) is 7.85. The third kappa shape index (κ3) is 5.79. The molecule has 0 radical (unpaired) electrons. The van der Waals surface area contributed by atoms with E-state index in [-0.39, 0.29) is 0 Å². The van der Waals surface area contributed by atoms with E-state index in [0.717, 1.165) is 19.6 Å². The number of piperazine rings is 1. The quantitative estimate of drug-likeness (QED) is 0.726. The van der Waals surface area contributed by atoms with Gasteiger partial charge in [-0.05, 0) is 26.3 Å². The lowest BCUT2D eigenvalue weighted by Gasteiger charge is -2.39. The van der Waals surface area contributed by atoms with Crippen LogP contribution in [-0.4, -0.2) is 70.7 Å². The molecule has 1 heterocycles. The van der Waals surface area contributed by atoms with Crippen molar-refractivity contribution in [3.63, 3.8) is 0 Å². The Balaban J connectivity index is 1.95. The molecular formula is C19H29N3O4. The topological polar surface area (TPSA) is 96.1 Å². The Bertz CT molecular complexity index is 607. The smallest absolute Gasteiger partial charge is 0.325 e. The van der Waals surface area contributed by atoms with Crippen LogP contribution in [0.3, 0.4) is 0 Å². The summed E-state index contributed by atoms with van der Waals surface area (Å²) in [5.74, 6) is -1.78. The zero-order chi connectivity index (χ0) is 19.3. The van der Waals surface area contributed by atoms with Gasteiger partial charge in [0.05, 0.1) is 0 Å². The van der Waals surface area contributed by atoms with Crippen LogP contribution in [0.2, 0.25) is 0 Å². The van der Waals surface area contributed by atoms with Crippen molar-refractivity contribution in [1.82, 2.24) is 9.80 Å². The predicted molar refractivity (Wildman–Crippen MR) is 98.5 cm³/mol. The number of ether oxygens (including phenoxy) is 1. The Morgan fingerprint density at radius 2 is 1.73 bits per heavy atom. The summed E-state index contributed by atoms with van der Waals surface area (Å²) in [7, 11) is 0. The van der Waals surface area contributed by atoms with Gasteiger partial charge in [-0.1, -0.05) is 30.3 Å². The molecule has 1 aliphatic rings. The van der Waals surface area contributed by atoms with Crippen LogP contribution in [0.4, 0.5) is 0 Å². The fraction of sp³-hybridized carbons (Fsp3) is 0.579. The fourth-order valence-electron chi connectivity index (χ4n) is 3.08. The molecule has 0 saturated carbocycles. The molecule has 0 spiro atoms. The summed E-state index contributed by atoms with van der Waals surface area (Å²) in [4.78, 5) is 28.0. The van der Waals surface area contributed by atoms with Gasteiger partial charge in [-0.15, -0.1) is 0 Å². The average Bonchev–Trinajstić information content (AvgIpc) is 2.55. The van der Waals surface area contributed by atoms with E-state index in [1.54, 1.807) is 25.7 Å². The first-order valence-corrected chi connectivity index (χ1v) is 8.89. The Kier molecular flexibility index (Phi) is 6.75. The lowest BCUT2D eigenvalue weighted by molar-refractivity contribution is -0.163. The molecule has 3 N–H and O–H groups in total. The second-order valence-electron chi connectivity index (χ2n) is 7.64. The van der Waals surface area contributed by atoms with Crippen molar-refractivity contribution >= 4 is 11.9 Å². The van der Waals surface area contributed by atoms with Gasteiger partial charge in [0.1, 0.15) is 17.7 Å². The number of carboxylic acid groups (broad SMARTS) is 1. The summed E-state index contributed by atoms with van der Waals surface area (Å²) in [5.41, 5.74) is 6.47. The summed E-state index contributed by atoms with van der Waals surface area (Å²) in [5, 5.41) is 9.60. The van der Waals surface area contributed by atoms with Gasteiger partial charge in [0.2, 0.25) is 0 Å². The average molecular weight is 363 g/mol. The first-order chi connectivity index (χ1) is 12.2. The SMILES string of the molecule is CC(C)(C)OC(=O)C(N)C(C(=O)O)N1CCN(Cc2ccccc2)CC1. The molecule has 0 amide bonds. The molecule has 2 atom stereocenters. The number of esters is 1. The monoisotopic (exact) mass is 363 g/mol. The number of benzene rings is 1. The third-order valence-electron chi connectivity index (χ3n) is 4.32. The van der Waals surface area contributed by atoms with E-state index >= 15 is 0 Å². The van der Waals surface area contributed by atoms with Gasteiger partial charge in [0, 0.05) is 32.7 Å². The number of carboxylic acids is 1. The highest BCUT2D eigenvalue weighted by Gasteiger charge is 2.39. The van der Waals surface area contributed by atoms with Crippen molar-refractivity contribution in [3.8, 4) is 0 Å². The summed E-state index contributed by atoms with van der Waals surface area (Å²) in [6.07, 6.45) is 0. The molecular weight excluding hydrogens is 334 g/mol. The first-order valence-electron chi connectivity index (χ1n) is 8.89. The second kappa shape index (κ2) is 8.62. The van der Waals surface area contributed by atoms with Gasteiger partial charge in [0.25, 0.3) is 0 Å². The number of hydrogen-bond acceptors (Lipinski definition) is 6. The molecule has 2 unspecified atom stereocenters. The molecule has 0 aromatic heterocycles. The molecule has 144 valence electrons. The van der Waals surface area contributed by atoms with E-state index < -0.39 is 29.6 Å². The van der Waals surface area contributed by atoms with Gasteiger partial charge < -0.3 is 15.6 Å². The second-order valence-corrected chi connectivity index (χ2v) is 7.64. The van der Waals surface area contributed by atoms with Crippen LogP contribution in [-0.2, 0) is 20.9 Å². The van der Waals surface area contributed by atoms with Crippen molar-refractivity contribution < 1.29 is 19.4 Å². The van der Waals surface area contributed by atoms with E-state index in [0.29, 0.717) is 13.1 Å². The molecule has 1 saturated heterocycles. The molecule has 1 fully saturated rings. The lowest BCUT2D eigenvalue weighted by Crippen LogP contribution is -2.61. The number of nitrogens with zero attached hydrogens (tertiary/aromatic N) is 2. The zero-order valence-electron chi connectivity index (χ0n) is 15.7. The molecule has 7 nitrogen and oxygen atoms in total.